The Morgan fingerprint density at radius 2 is 1.97 bits per heavy atom. The van der Waals surface area contributed by atoms with Gasteiger partial charge in [-0.05, 0) is 31.3 Å². The summed E-state index contributed by atoms with van der Waals surface area (Å²) in [5, 5.41) is 4.00. The summed E-state index contributed by atoms with van der Waals surface area (Å²) in [6.07, 6.45) is -1.60. The van der Waals surface area contributed by atoms with Crippen LogP contribution in [0, 0.1) is 18.6 Å². The number of aryl methyl sites for hydroxylation is 1. The molecule has 0 aliphatic rings. The minimum atomic E-state index is -2.66. The molecular formula is C18H14F4N6O. The Morgan fingerprint density at radius 1 is 1.21 bits per heavy atom. The van der Waals surface area contributed by atoms with Crippen molar-refractivity contribution in [1.29, 1.82) is 0 Å². The molecule has 1 aromatic carbocycles. The molecule has 0 N–H and O–H groups in total. The molecule has 150 valence electrons. The van der Waals surface area contributed by atoms with Gasteiger partial charge in [-0.15, -0.1) is 5.10 Å². The number of hydrogen-bond donors (Lipinski definition) is 0. The average Bonchev–Trinajstić information content (AvgIpc) is 3.17. The molecule has 0 amide bonds. The van der Waals surface area contributed by atoms with E-state index in [-0.39, 0.29) is 45.3 Å². The zero-order chi connectivity index (χ0) is 20.9. The van der Waals surface area contributed by atoms with Gasteiger partial charge in [0, 0.05) is 0 Å². The van der Waals surface area contributed by atoms with E-state index >= 15 is 0 Å². The highest BCUT2D eigenvalue weighted by Crippen LogP contribution is 2.36. The number of benzene rings is 1. The Balaban J connectivity index is 2.03. The van der Waals surface area contributed by atoms with E-state index < -0.39 is 24.6 Å². The first-order valence-corrected chi connectivity index (χ1v) is 8.38. The lowest BCUT2D eigenvalue weighted by molar-refractivity contribution is 0.127. The number of methoxy groups -OCH3 is 1. The van der Waals surface area contributed by atoms with Crippen LogP contribution in [0.4, 0.5) is 23.5 Å². The van der Waals surface area contributed by atoms with Gasteiger partial charge in [0.05, 0.1) is 30.9 Å². The SMILES string of the molecule is C=Nc1nc(OC)c2c(-c3cc(F)c4nc(C)n(CC(F)F)c4c3)c(F)cn2n1. The van der Waals surface area contributed by atoms with Crippen molar-refractivity contribution in [3.8, 4) is 17.0 Å². The highest BCUT2D eigenvalue weighted by molar-refractivity contribution is 5.90. The molecule has 0 unspecified atom stereocenters. The Kier molecular flexibility index (Phi) is 4.44. The number of fused-ring (bicyclic) bond motifs is 2. The quantitative estimate of drug-likeness (QED) is 0.372. The van der Waals surface area contributed by atoms with Crippen LogP contribution in [0.15, 0.2) is 23.3 Å². The van der Waals surface area contributed by atoms with E-state index in [1.807, 2.05) is 0 Å². The van der Waals surface area contributed by atoms with Gasteiger partial charge >= 0.3 is 0 Å². The number of nitrogens with zero attached hydrogens (tertiary/aromatic N) is 6. The highest BCUT2D eigenvalue weighted by Gasteiger charge is 2.23. The van der Waals surface area contributed by atoms with Crippen LogP contribution in [-0.2, 0) is 6.54 Å². The molecule has 4 rings (SSSR count). The number of rotatable bonds is 5. The lowest BCUT2D eigenvalue weighted by Crippen LogP contribution is -2.08. The number of hydrogen-bond acceptors (Lipinski definition) is 5. The first-order chi connectivity index (χ1) is 13.8. The maximum Gasteiger partial charge on any atom is 0.269 e. The minimum absolute atomic E-state index is 0.000858. The topological polar surface area (TPSA) is 69.6 Å². The monoisotopic (exact) mass is 406 g/mol. The maximum atomic E-state index is 14.8. The van der Waals surface area contributed by atoms with Gasteiger partial charge in [-0.1, -0.05) is 0 Å². The van der Waals surface area contributed by atoms with Crippen LogP contribution < -0.4 is 4.74 Å². The van der Waals surface area contributed by atoms with Crippen molar-refractivity contribution in [2.24, 2.45) is 4.99 Å². The van der Waals surface area contributed by atoms with Gasteiger partial charge < -0.3 is 9.30 Å². The van der Waals surface area contributed by atoms with Crippen molar-refractivity contribution >= 4 is 29.2 Å². The van der Waals surface area contributed by atoms with Gasteiger partial charge in [-0.25, -0.2) is 32.1 Å². The molecule has 0 aliphatic carbocycles. The Labute approximate surface area is 161 Å². The number of aliphatic imine (C=N–C) groups is 1. The predicted molar refractivity (Wildman–Crippen MR) is 98.1 cm³/mol. The summed E-state index contributed by atoms with van der Waals surface area (Å²) in [5.74, 6) is -1.31. The van der Waals surface area contributed by atoms with E-state index in [9.17, 15) is 17.6 Å². The maximum absolute atomic E-state index is 14.8. The van der Waals surface area contributed by atoms with Gasteiger partial charge in [0.25, 0.3) is 12.4 Å². The van der Waals surface area contributed by atoms with Crippen molar-refractivity contribution in [2.75, 3.05) is 7.11 Å². The van der Waals surface area contributed by atoms with Gasteiger partial charge in [0.2, 0.25) is 5.88 Å². The van der Waals surface area contributed by atoms with Crippen molar-refractivity contribution < 1.29 is 22.3 Å². The second kappa shape index (κ2) is 6.83. The van der Waals surface area contributed by atoms with Crippen molar-refractivity contribution in [3.63, 3.8) is 0 Å². The van der Waals surface area contributed by atoms with Crippen LogP contribution in [0.25, 0.3) is 27.7 Å². The lowest BCUT2D eigenvalue weighted by atomic mass is 10.1. The van der Waals surface area contributed by atoms with E-state index in [1.54, 1.807) is 0 Å². The molecule has 3 aromatic heterocycles. The molecule has 29 heavy (non-hydrogen) atoms. The Hall–Kier alpha value is -3.50. The molecule has 0 spiro atoms. The van der Waals surface area contributed by atoms with E-state index in [4.69, 9.17) is 4.74 Å². The molecule has 0 bridgehead atoms. The predicted octanol–water partition coefficient (Wildman–Crippen LogP) is 3.94. The number of imidazole rings is 1. The van der Waals surface area contributed by atoms with Crippen molar-refractivity contribution in [2.45, 2.75) is 19.9 Å². The first kappa shape index (κ1) is 18.8. The fraction of sp³-hybridized carbons (Fsp3) is 0.222. The third kappa shape index (κ3) is 2.98. The van der Waals surface area contributed by atoms with Gasteiger partial charge in [-0.2, -0.15) is 4.98 Å². The molecule has 0 saturated carbocycles. The zero-order valence-electron chi connectivity index (χ0n) is 15.3. The third-order valence-corrected chi connectivity index (χ3v) is 4.48. The van der Waals surface area contributed by atoms with Crippen LogP contribution in [0.1, 0.15) is 5.82 Å². The first-order valence-electron chi connectivity index (χ1n) is 8.38. The number of ether oxygens (including phenoxy) is 1. The van der Waals surface area contributed by atoms with Crippen LogP contribution >= 0.6 is 0 Å². The summed E-state index contributed by atoms with van der Waals surface area (Å²) in [6.45, 7) is 4.16. The second-order valence-electron chi connectivity index (χ2n) is 6.21. The van der Waals surface area contributed by atoms with Gasteiger partial charge in [0.15, 0.2) is 11.6 Å². The fourth-order valence-electron chi connectivity index (χ4n) is 3.30. The molecule has 0 fully saturated rings. The normalized spacial score (nSPS) is 11.7. The average molecular weight is 406 g/mol. The standard InChI is InChI=1S/C18H14F4N6O/c1-8-24-15-10(19)4-9(5-12(15)27(8)7-13(21)22)14-11(20)6-28-16(14)17(29-3)25-18(23-2)26-28/h4-6,13H,2,7H2,1,3H3. The van der Waals surface area contributed by atoms with Crippen LogP contribution in [0.5, 0.6) is 5.88 Å². The summed E-state index contributed by atoms with van der Waals surface area (Å²) in [4.78, 5) is 11.6. The number of halogens is 4. The third-order valence-electron chi connectivity index (χ3n) is 4.48. The van der Waals surface area contributed by atoms with E-state index in [1.165, 1.54) is 24.7 Å². The molecule has 0 aliphatic heterocycles. The summed E-state index contributed by atoms with van der Waals surface area (Å²) in [6, 6.07) is 2.48. The minimum Gasteiger partial charge on any atom is -0.479 e. The van der Waals surface area contributed by atoms with E-state index in [2.05, 4.69) is 26.8 Å². The van der Waals surface area contributed by atoms with E-state index in [0.717, 1.165) is 16.8 Å². The van der Waals surface area contributed by atoms with Gasteiger partial charge in [0.1, 0.15) is 16.9 Å². The summed E-state index contributed by atoms with van der Waals surface area (Å²) in [5.41, 5.74) is 0.248. The Morgan fingerprint density at radius 3 is 2.62 bits per heavy atom. The lowest BCUT2D eigenvalue weighted by Gasteiger charge is -2.09. The van der Waals surface area contributed by atoms with Crippen molar-refractivity contribution in [3.05, 3.63) is 35.8 Å². The van der Waals surface area contributed by atoms with Crippen LogP contribution in [0.2, 0.25) is 0 Å². The second-order valence-corrected chi connectivity index (χ2v) is 6.21. The van der Waals surface area contributed by atoms with Crippen LogP contribution in [-0.4, -0.2) is 44.4 Å². The van der Waals surface area contributed by atoms with Gasteiger partial charge in [-0.3, -0.25) is 0 Å². The molecule has 3 heterocycles. The molecule has 7 nitrogen and oxygen atoms in total. The van der Waals surface area contributed by atoms with Crippen LogP contribution in [0.3, 0.4) is 0 Å². The molecule has 11 heteroatoms. The fourth-order valence-corrected chi connectivity index (χ4v) is 3.30. The molecular weight excluding hydrogens is 392 g/mol. The number of aromatic nitrogens is 5. The molecule has 0 saturated heterocycles. The molecule has 0 radical (unpaired) electrons. The summed E-state index contributed by atoms with van der Waals surface area (Å²) >= 11 is 0. The van der Waals surface area contributed by atoms with E-state index in [0.29, 0.717) is 0 Å². The summed E-state index contributed by atoms with van der Waals surface area (Å²) < 4.78 is 63.1. The number of alkyl halides is 2. The Bertz CT molecular complexity index is 1260. The highest BCUT2D eigenvalue weighted by atomic mass is 19.3. The zero-order valence-corrected chi connectivity index (χ0v) is 15.3. The molecule has 0 atom stereocenters. The largest absolute Gasteiger partial charge is 0.479 e. The van der Waals surface area contributed by atoms with Crippen molar-refractivity contribution in [1.82, 2.24) is 24.1 Å². The smallest absolute Gasteiger partial charge is 0.269 e. The molecule has 4 aromatic rings. The summed E-state index contributed by atoms with van der Waals surface area (Å²) in [7, 11) is 1.33.